The molecule has 0 aliphatic carbocycles. The maximum absolute atomic E-state index is 5.58. The first kappa shape index (κ1) is 17.9. The van der Waals surface area contributed by atoms with Gasteiger partial charge in [-0.25, -0.2) is 0 Å². The van der Waals surface area contributed by atoms with Crippen molar-refractivity contribution < 1.29 is 56.1 Å². The predicted octanol–water partition coefficient (Wildman–Crippen LogP) is -0.631. The molecule has 1 saturated heterocycles. The monoisotopic (exact) mass is 224 g/mol. The van der Waals surface area contributed by atoms with Gasteiger partial charge in [0.15, 0.2) is 0 Å². The standard InChI is InChI=1S/C10H20NO.CH3.K/c1-9(2)12-8-10-4-6-11(3)7-5-10;;/h9-10H,3-8H2,1-2H3;1H3;/q2*-1;+1. The van der Waals surface area contributed by atoms with Gasteiger partial charge in [0.1, 0.15) is 0 Å². The summed E-state index contributed by atoms with van der Waals surface area (Å²) in [6.45, 7) is 7.39. The minimum Gasteiger partial charge on any atom is -0.459 e. The molecule has 0 amide bonds. The van der Waals surface area contributed by atoms with Crippen LogP contribution in [0.4, 0.5) is 0 Å². The second-order valence-electron chi connectivity index (χ2n) is 3.94. The van der Waals surface area contributed by atoms with E-state index >= 15 is 0 Å². The summed E-state index contributed by atoms with van der Waals surface area (Å²) in [5, 5.41) is 0. The number of hydrogen-bond acceptors (Lipinski definition) is 2. The molecule has 0 saturated carbocycles. The van der Waals surface area contributed by atoms with Gasteiger partial charge in [0.05, 0.1) is 6.10 Å². The Bertz CT molecular complexity index is 122. The molecule has 2 nitrogen and oxygen atoms in total. The van der Waals surface area contributed by atoms with Crippen LogP contribution in [0.15, 0.2) is 0 Å². The van der Waals surface area contributed by atoms with Crippen molar-refractivity contribution in [3.8, 4) is 0 Å². The average Bonchev–Trinajstić information content (AvgIpc) is 2.03. The predicted molar refractivity (Wildman–Crippen MR) is 57.2 cm³/mol. The zero-order valence-electron chi connectivity index (χ0n) is 10.3. The van der Waals surface area contributed by atoms with Crippen molar-refractivity contribution in [3.63, 3.8) is 0 Å². The van der Waals surface area contributed by atoms with Crippen LogP contribution in [-0.2, 0) is 4.74 Å². The van der Waals surface area contributed by atoms with E-state index in [9.17, 15) is 0 Å². The van der Waals surface area contributed by atoms with Crippen LogP contribution in [-0.4, -0.2) is 30.7 Å². The van der Waals surface area contributed by atoms with Gasteiger partial charge < -0.3 is 17.1 Å². The Hall–Kier alpha value is 1.56. The summed E-state index contributed by atoms with van der Waals surface area (Å²) in [6.07, 6.45) is 2.87. The number of hydrogen-bond donors (Lipinski definition) is 0. The van der Waals surface area contributed by atoms with Crippen molar-refractivity contribution >= 4 is 0 Å². The fourth-order valence-electron chi connectivity index (χ4n) is 1.48. The van der Waals surface area contributed by atoms with E-state index in [1.165, 1.54) is 12.8 Å². The van der Waals surface area contributed by atoms with Crippen LogP contribution in [0.2, 0.25) is 0 Å². The van der Waals surface area contributed by atoms with E-state index in [2.05, 4.69) is 25.8 Å². The fourth-order valence-corrected chi connectivity index (χ4v) is 1.48. The van der Waals surface area contributed by atoms with E-state index in [0.717, 1.165) is 25.6 Å². The van der Waals surface area contributed by atoms with Crippen LogP contribution in [0.5, 0.6) is 0 Å². The molecule has 1 aliphatic heterocycles. The first-order valence-electron chi connectivity index (χ1n) is 4.85. The molecule has 0 atom stereocenters. The summed E-state index contributed by atoms with van der Waals surface area (Å²) in [5.41, 5.74) is 0. The molecule has 0 N–H and O–H groups in total. The zero-order valence-corrected chi connectivity index (χ0v) is 13.4. The van der Waals surface area contributed by atoms with E-state index in [1.807, 2.05) is 0 Å². The van der Waals surface area contributed by atoms with E-state index < -0.39 is 0 Å². The van der Waals surface area contributed by atoms with Gasteiger partial charge in [0, 0.05) is 6.61 Å². The van der Waals surface area contributed by atoms with Gasteiger partial charge in [-0.15, -0.1) is 0 Å². The van der Waals surface area contributed by atoms with Gasteiger partial charge in [0.2, 0.25) is 0 Å². The van der Waals surface area contributed by atoms with Crippen LogP contribution in [0.25, 0.3) is 0 Å². The van der Waals surface area contributed by atoms with Crippen molar-refractivity contribution in [3.05, 3.63) is 14.5 Å². The quantitative estimate of drug-likeness (QED) is 0.467. The van der Waals surface area contributed by atoms with Gasteiger partial charge in [0.25, 0.3) is 0 Å². The van der Waals surface area contributed by atoms with E-state index in [0.29, 0.717) is 6.10 Å². The molecule has 0 aromatic rings. The van der Waals surface area contributed by atoms with Crippen molar-refractivity contribution in [2.75, 3.05) is 19.7 Å². The van der Waals surface area contributed by atoms with Crippen LogP contribution in [0.3, 0.4) is 0 Å². The Morgan fingerprint density at radius 3 is 2.29 bits per heavy atom. The smallest absolute Gasteiger partial charge is 0.459 e. The SMILES string of the molecule is [CH2-]N1CCC(COC(C)C)CC1.[CH3-].[K+]. The van der Waals surface area contributed by atoms with Crippen molar-refractivity contribution in [1.82, 2.24) is 4.90 Å². The molecular weight excluding hydrogens is 201 g/mol. The molecule has 0 bridgehead atoms. The molecular formula is C11H23KNO-. The van der Waals surface area contributed by atoms with Gasteiger partial charge in [-0.3, -0.25) is 7.05 Å². The second-order valence-corrected chi connectivity index (χ2v) is 3.94. The van der Waals surface area contributed by atoms with Crippen LogP contribution < -0.4 is 51.4 Å². The van der Waals surface area contributed by atoms with Gasteiger partial charge in [-0.1, -0.05) is 0 Å². The average molecular weight is 224 g/mol. The summed E-state index contributed by atoms with van der Waals surface area (Å²) in [4.78, 5) is 2.14. The summed E-state index contributed by atoms with van der Waals surface area (Å²) in [6, 6.07) is 0. The number of rotatable bonds is 3. The summed E-state index contributed by atoms with van der Waals surface area (Å²) >= 11 is 0. The fraction of sp³-hybridized carbons (Fsp3) is 0.818. The van der Waals surface area contributed by atoms with E-state index in [1.54, 1.807) is 0 Å². The molecule has 80 valence electrons. The third-order valence-electron chi connectivity index (χ3n) is 2.37. The number of nitrogens with zero attached hydrogens (tertiary/aromatic N) is 1. The minimum atomic E-state index is 0. The second kappa shape index (κ2) is 9.76. The van der Waals surface area contributed by atoms with Crippen LogP contribution >= 0.6 is 0 Å². The first-order chi connectivity index (χ1) is 5.68. The Kier molecular flexibility index (Phi) is 12.5. The molecule has 0 spiro atoms. The molecule has 1 rings (SSSR count). The summed E-state index contributed by atoms with van der Waals surface area (Å²) in [5.74, 6) is 0.769. The van der Waals surface area contributed by atoms with Gasteiger partial charge in [-0.2, -0.15) is 0 Å². The summed E-state index contributed by atoms with van der Waals surface area (Å²) < 4.78 is 5.58. The van der Waals surface area contributed by atoms with Crippen molar-refractivity contribution in [1.29, 1.82) is 0 Å². The first-order valence-corrected chi connectivity index (χ1v) is 4.85. The molecule has 0 aromatic carbocycles. The Morgan fingerprint density at radius 2 is 1.86 bits per heavy atom. The Labute approximate surface area is 132 Å². The molecule has 1 heterocycles. The summed E-state index contributed by atoms with van der Waals surface area (Å²) in [7, 11) is 3.92. The Balaban J connectivity index is 0. The Morgan fingerprint density at radius 1 is 1.36 bits per heavy atom. The molecule has 14 heavy (non-hydrogen) atoms. The normalized spacial score (nSPS) is 18.9. The maximum Gasteiger partial charge on any atom is 1.00 e. The van der Waals surface area contributed by atoms with E-state index in [-0.39, 0.29) is 58.8 Å². The molecule has 1 fully saturated rings. The van der Waals surface area contributed by atoms with Crippen molar-refractivity contribution in [2.24, 2.45) is 5.92 Å². The topological polar surface area (TPSA) is 12.5 Å². The van der Waals surface area contributed by atoms with Gasteiger partial charge >= 0.3 is 51.4 Å². The molecule has 0 aromatic heterocycles. The third kappa shape index (κ3) is 7.80. The number of likely N-dealkylation sites (tertiary alicyclic amines) is 1. The number of ether oxygens (including phenoxy) is 1. The van der Waals surface area contributed by atoms with Crippen molar-refractivity contribution in [2.45, 2.75) is 32.8 Å². The van der Waals surface area contributed by atoms with Gasteiger partial charge in [-0.05, 0) is 45.7 Å². The minimum absolute atomic E-state index is 0. The molecule has 3 heteroatoms. The van der Waals surface area contributed by atoms with Crippen LogP contribution in [0, 0.1) is 20.4 Å². The molecule has 1 aliphatic rings. The molecule has 0 unspecified atom stereocenters. The number of piperidine rings is 1. The van der Waals surface area contributed by atoms with Crippen LogP contribution in [0.1, 0.15) is 26.7 Å². The third-order valence-corrected chi connectivity index (χ3v) is 2.37. The van der Waals surface area contributed by atoms with E-state index in [4.69, 9.17) is 4.74 Å². The zero-order chi connectivity index (χ0) is 8.97. The molecule has 0 radical (unpaired) electrons. The largest absolute Gasteiger partial charge is 1.00 e. The maximum atomic E-state index is 5.58.